The molecule has 2 aliphatic heterocycles. The van der Waals surface area contributed by atoms with Crippen LogP contribution in [0.15, 0.2) is 83.3 Å². The third-order valence-electron chi connectivity index (χ3n) is 21.0. The molecule has 0 fully saturated rings. The Bertz CT molecular complexity index is 3400. The van der Waals surface area contributed by atoms with Gasteiger partial charge in [0.2, 0.25) is 0 Å². The van der Waals surface area contributed by atoms with Crippen molar-refractivity contribution < 1.29 is 4.42 Å². The van der Waals surface area contributed by atoms with Crippen LogP contribution in [-0.2, 0) is 43.3 Å². The van der Waals surface area contributed by atoms with Crippen molar-refractivity contribution in [1.82, 2.24) is 0 Å². The minimum atomic E-state index is -1.55. The highest BCUT2D eigenvalue weighted by Gasteiger charge is 2.54. The fourth-order valence-corrected chi connectivity index (χ4v) is 16.6. The molecule has 0 saturated heterocycles. The summed E-state index contributed by atoms with van der Waals surface area (Å²) in [5.41, 5.74) is 26.0. The first kappa shape index (κ1) is 51.0. The van der Waals surface area contributed by atoms with Gasteiger partial charge in [0, 0.05) is 39.3 Å². The number of fused-ring (bicyclic) bond motifs is 9. The Hall–Kier alpha value is -4.74. The molecule has 3 nitrogen and oxygen atoms in total. The first-order chi connectivity index (χ1) is 34.7. The Morgan fingerprint density at radius 2 is 0.893 bits per heavy atom. The molecule has 0 unspecified atom stereocenters. The van der Waals surface area contributed by atoms with Crippen LogP contribution in [0.3, 0.4) is 0 Å². The molecule has 1 aromatic heterocycles. The maximum Gasteiger partial charge on any atom is 0.297 e. The highest BCUT2D eigenvalue weighted by molar-refractivity contribution is 6.99. The Morgan fingerprint density at radius 1 is 0.440 bits per heavy atom. The molecule has 0 N–H and O–H groups in total. The molecule has 0 atom stereocenters. The summed E-state index contributed by atoms with van der Waals surface area (Å²) in [7, 11) is -1.55. The zero-order chi connectivity index (χ0) is 53.9. The molecule has 0 radical (unpaired) electrons. The molecule has 12 rings (SSSR count). The molecule has 5 heteroatoms. The third kappa shape index (κ3) is 7.51. The van der Waals surface area contributed by atoms with Crippen LogP contribution >= 0.6 is 0 Å². The van der Waals surface area contributed by atoms with Crippen LogP contribution in [0, 0.1) is 6.92 Å². The predicted molar refractivity (Wildman–Crippen MR) is 327 cm³/mol. The number of aryl methyl sites for hydroxylation is 1. The molecule has 6 aromatic rings. The molecule has 5 aromatic carbocycles. The standard InChI is InChI=1S/C70H89BN2OSi/c1-42-35-56-59-57(36-42)73(54-40-51-49(65(6,7)29-31-67(51,10)11)38-46(54)43-21-24-45(25-22-43)75(18,19)20)55-41-52-50(66(8,9)30-32-68(52,12)13)39-53(55)71(59)62-60(58-61(74-62)70(16,17)34-33-69(58,14)15)72(56)44-23-26-47-48(37-44)64(4,5)28-27-63(47,2)3/h21-26,35-41H,27-34H2,1-20H3. The highest BCUT2D eigenvalue weighted by atomic mass is 28.3. The van der Waals surface area contributed by atoms with Crippen LogP contribution < -0.4 is 31.6 Å². The summed E-state index contributed by atoms with van der Waals surface area (Å²) < 4.78 is 7.93. The second-order valence-corrected chi connectivity index (χ2v) is 36.4. The van der Waals surface area contributed by atoms with Crippen molar-refractivity contribution in [3.8, 4) is 11.1 Å². The number of furan rings is 1. The van der Waals surface area contributed by atoms with E-state index in [0.29, 0.717) is 0 Å². The number of hydrogen-bond donors (Lipinski definition) is 0. The van der Waals surface area contributed by atoms with E-state index in [1.165, 1.54) is 131 Å². The zero-order valence-electron chi connectivity index (χ0n) is 50.0. The second kappa shape index (κ2) is 15.7. The average molecular weight is 1010 g/mol. The van der Waals surface area contributed by atoms with E-state index in [9.17, 15) is 0 Å². The lowest BCUT2D eigenvalue weighted by atomic mass is 9.35. The summed E-state index contributed by atoms with van der Waals surface area (Å²) in [4.78, 5) is 5.51. The third-order valence-corrected chi connectivity index (χ3v) is 23.1. The van der Waals surface area contributed by atoms with E-state index in [-0.39, 0.29) is 50.0 Å². The van der Waals surface area contributed by atoms with Gasteiger partial charge >= 0.3 is 0 Å². The van der Waals surface area contributed by atoms with E-state index in [2.05, 4.69) is 226 Å². The van der Waals surface area contributed by atoms with Crippen molar-refractivity contribution in [2.75, 3.05) is 9.80 Å². The summed E-state index contributed by atoms with van der Waals surface area (Å²) in [5, 5.41) is 1.50. The van der Waals surface area contributed by atoms with Crippen LogP contribution in [0.25, 0.3) is 11.1 Å². The van der Waals surface area contributed by atoms with Crippen molar-refractivity contribution >= 4 is 70.7 Å². The SMILES string of the molecule is Cc1cc2c3c(c1)N(c1ccc4c(c1)C(C)(C)CCC4(C)C)c1c(oc4c1C(C)(C)CCC4(C)C)B3c1cc3c(cc1N2c1cc2c(cc1-c1ccc([Si](C)(C)C)cc1)C(C)(C)CCC2(C)C)C(C)(C)CCC3(C)C. The topological polar surface area (TPSA) is 19.6 Å². The largest absolute Gasteiger partial charge is 0.472 e. The normalized spacial score (nSPS) is 22.2. The molecular weight excluding hydrogens is 924 g/mol. The van der Waals surface area contributed by atoms with Crippen LogP contribution in [0.2, 0.25) is 19.6 Å². The Labute approximate surface area is 454 Å². The van der Waals surface area contributed by atoms with Crippen molar-refractivity contribution in [2.24, 2.45) is 0 Å². The van der Waals surface area contributed by atoms with Crippen LogP contribution in [-0.4, -0.2) is 14.8 Å². The number of hydrogen-bond acceptors (Lipinski definition) is 3. The first-order valence-corrected chi connectivity index (χ1v) is 32.7. The summed E-state index contributed by atoms with van der Waals surface area (Å²) in [6, 6.07) is 33.3. The van der Waals surface area contributed by atoms with Gasteiger partial charge in [0.05, 0.1) is 25.1 Å². The summed E-state index contributed by atoms with van der Waals surface area (Å²) in [5.74, 6) is 1.19. The first-order valence-electron chi connectivity index (χ1n) is 29.2. The molecule has 0 saturated carbocycles. The second-order valence-electron chi connectivity index (χ2n) is 31.3. The van der Waals surface area contributed by atoms with Crippen LogP contribution in [0.1, 0.15) is 212 Å². The predicted octanol–water partition coefficient (Wildman–Crippen LogP) is 17.3. The highest BCUT2D eigenvalue weighted by Crippen LogP contribution is 2.58. The molecular formula is C70H89BN2OSi. The molecule has 392 valence electrons. The van der Waals surface area contributed by atoms with Crippen molar-refractivity contribution in [3.63, 3.8) is 0 Å². The molecule has 3 heterocycles. The van der Waals surface area contributed by atoms with Gasteiger partial charge in [-0.25, -0.2) is 0 Å². The quantitative estimate of drug-likeness (QED) is 0.164. The van der Waals surface area contributed by atoms with E-state index < -0.39 is 8.07 Å². The molecule has 0 amide bonds. The van der Waals surface area contributed by atoms with Gasteiger partial charge in [-0.2, -0.15) is 0 Å². The van der Waals surface area contributed by atoms with E-state index in [0.717, 1.165) is 37.8 Å². The minimum absolute atomic E-state index is 0.0160. The molecule has 75 heavy (non-hydrogen) atoms. The van der Waals surface area contributed by atoms with Crippen molar-refractivity contribution in [3.05, 3.63) is 129 Å². The lowest BCUT2D eigenvalue weighted by molar-refractivity contribution is 0.282. The van der Waals surface area contributed by atoms with E-state index in [1.54, 1.807) is 0 Å². The van der Waals surface area contributed by atoms with Gasteiger partial charge in [0.1, 0.15) is 5.76 Å². The molecule has 6 aliphatic rings. The van der Waals surface area contributed by atoms with E-state index in [4.69, 9.17) is 4.42 Å². The Morgan fingerprint density at radius 3 is 1.44 bits per heavy atom. The maximum atomic E-state index is 7.93. The summed E-state index contributed by atoms with van der Waals surface area (Å²) >= 11 is 0. The molecule has 4 aliphatic carbocycles. The lowest BCUT2D eigenvalue weighted by Crippen LogP contribution is -2.61. The van der Waals surface area contributed by atoms with E-state index in [1.807, 2.05) is 0 Å². The monoisotopic (exact) mass is 1010 g/mol. The van der Waals surface area contributed by atoms with Gasteiger partial charge in [0.25, 0.3) is 6.71 Å². The minimum Gasteiger partial charge on any atom is -0.472 e. The van der Waals surface area contributed by atoms with Gasteiger partial charge in [-0.15, -0.1) is 0 Å². The number of nitrogens with zero attached hydrogens (tertiary/aromatic N) is 2. The summed E-state index contributed by atoms with van der Waals surface area (Å²) in [6.07, 6.45) is 9.24. The number of anilines is 6. The maximum absolute atomic E-state index is 7.93. The summed E-state index contributed by atoms with van der Waals surface area (Å²) in [6.45, 7) is 49.5. The smallest absolute Gasteiger partial charge is 0.297 e. The number of benzene rings is 5. The van der Waals surface area contributed by atoms with Gasteiger partial charge in [-0.05, 0) is 194 Å². The number of rotatable bonds is 4. The van der Waals surface area contributed by atoms with Crippen LogP contribution in [0.5, 0.6) is 0 Å². The van der Waals surface area contributed by atoms with Crippen LogP contribution in [0.4, 0.5) is 34.1 Å². The Kier molecular flexibility index (Phi) is 10.7. The van der Waals surface area contributed by atoms with Gasteiger partial charge in [-0.1, -0.05) is 172 Å². The lowest BCUT2D eigenvalue weighted by Gasteiger charge is -2.48. The fraction of sp³-hybridized carbons (Fsp3) is 0.514. The fourth-order valence-electron chi connectivity index (χ4n) is 15.4. The van der Waals surface area contributed by atoms with Gasteiger partial charge < -0.3 is 14.2 Å². The molecule has 0 spiro atoms. The molecule has 0 bridgehead atoms. The van der Waals surface area contributed by atoms with Crippen molar-refractivity contribution in [1.29, 1.82) is 0 Å². The van der Waals surface area contributed by atoms with Crippen molar-refractivity contribution in [2.45, 2.75) is 232 Å². The zero-order valence-corrected chi connectivity index (χ0v) is 51.0. The van der Waals surface area contributed by atoms with Gasteiger partial charge in [0.15, 0.2) is 0 Å². The van der Waals surface area contributed by atoms with Gasteiger partial charge in [-0.3, -0.25) is 0 Å². The van der Waals surface area contributed by atoms with E-state index >= 15 is 0 Å². The Balaban J connectivity index is 1.24. The average Bonchev–Trinajstić information content (AvgIpc) is 3.90.